The third-order valence-corrected chi connectivity index (χ3v) is 4.89. The molecule has 1 aromatic rings. The molecule has 0 aliphatic heterocycles. The van der Waals surface area contributed by atoms with Crippen LogP contribution in [-0.4, -0.2) is 15.0 Å². The lowest BCUT2D eigenvalue weighted by Gasteiger charge is -2.13. The van der Waals surface area contributed by atoms with Crippen molar-refractivity contribution in [3.8, 4) is 0 Å². The van der Waals surface area contributed by atoms with Gasteiger partial charge in [0.15, 0.2) is 0 Å². The van der Waals surface area contributed by atoms with Crippen LogP contribution in [0.5, 0.6) is 0 Å². The lowest BCUT2D eigenvalue weighted by Crippen LogP contribution is -2.13. The van der Waals surface area contributed by atoms with Crippen LogP contribution >= 0.6 is 15.9 Å². The van der Waals surface area contributed by atoms with Crippen LogP contribution in [0.4, 0.5) is 5.69 Å². The zero-order valence-corrected chi connectivity index (χ0v) is 12.4. The Hall–Kier alpha value is -0.590. The van der Waals surface area contributed by atoms with E-state index in [1.807, 2.05) is 0 Å². The standard InChI is InChI=1S/C12H17BrN2O2S/c13-11-7-10(18(14,16)17)5-6-12(11)15-8-9-3-1-2-4-9/h5-7,9,15H,1-4,8H2,(H2,14,16,17). The maximum Gasteiger partial charge on any atom is 0.238 e. The Bertz CT molecular complexity index is 525. The first kappa shape index (κ1) is 13.8. The van der Waals surface area contributed by atoms with Crippen LogP contribution in [0.2, 0.25) is 0 Å². The van der Waals surface area contributed by atoms with Gasteiger partial charge in [0, 0.05) is 16.7 Å². The molecule has 1 saturated carbocycles. The zero-order valence-electron chi connectivity index (χ0n) is 10.0. The smallest absolute Gasteiger partial charge is 0.238 e. The molecule has 1 aliphatic carbocycles. The molecule has 0 amide bonds. The molecule has 100 valence electrons. The van der Waals surface area contributed by atoms with Gasteiger partial charge in [-0.25, -0.2) is 13.6 Å². The summed E-state index contributed by atoms with van der Waals surface area (Å²) in [6, 6.07) is 4.81. The summed E-state index contributed by atoms with van der Waals surface area (Å²) in [6.45, 7) is 0.938. The van der Waals surface area contributed by atoms with Gasteiger partial charge in [-0.2, -0.15) is 0 Å². The molecular formula is C12H17BrN2O2S. The molecule has 0 saturated heterocycles. The number of anilines is 1. The number of nitrogens with one attached hydrogen (secondary N) is 1. The molecule has 1 aliphatic rings. The first-order valence-electron chi connectivity index (χ1n) is 6.03. The SMILES string of the molecule is NS(=O)(=O)c1ccc(NCC2CCCC2)c(Br)c1. The van der Waals surface area contributed by atoms with Crippen molar-refractivity contribution in [2.75, 3.05) is 11.9 Å². The maximum atomic E-state index is 11.2. The molecule has 2 rings (SSSR count). The van der Waals surface area contributed by atoms with E-state index in [0.717, 1.165) is 22.6 Å². The molecular weight excluding hydrogens is 316 g/mol. The summed E-state index contributed by atoms with van der Waals surface area (Å²) in [5.74, 6) is 0.731. The number of halogens is 1. The van der Waals surface area contributed by atoms with Crippen LogP contribution < -0.4 is 10.5 Å². The van der Waals surface area contributed by atoms with Gasteiger partial charge in [-0.05, 0) is 52.9 Å². The Morgan fingerprint density at radius 3 is 2.56 bits per heavy atom. The van der Waals surface area contributed by atoms with Crippen LogP contribution in [0.25, 0.3) is 0 Å². The summed E-state index contributed by atoms with van der Waals surface area (Å²) < 4.78 is 23.1. The normalized spacial score (nSPS) is 17.0. The van der Waals surface area contributed by atoms with Crippen molar-refractivity contribution < 1.29 is 8.42 Å². The second kappa shape index (κ2) is 5.59. The number of rotatable bonds is 4. The Balaban J connectivity index is 2.05. The van der Waals surface area contributed by atoms with Crippen molar-refractivity contribution in [1.82, 2.24) is 0 Å². The number of hydrogen-bond donors (Lipinski definition) is 2. The topological polar surface area (TPSA) is 72.2 Å². The van der Waals surface area contributed by atoms with Gasteiger partial charge in [-0.15, -0.1) is 0 Å². The molecule has 0 bridgehead atoms. The summed E-state index contributed by atoms with van der Waals surface area (Å²) in [5, 5.41) is 8.43. The quantitative estimate of drug-likeness (QED) is 0.890. The summed E-state index contributed by atoms with van der Waals surface area (Å²) in [7, 11) is -3.63. The van der Waals surface area contributed by atoms with E-state index >= 15 is 0 Å². The van der Waals surface area contributed by atoms with E-state index in [2.05, 4.69) is 21.2 Å². The van der Waals surface area contributed by atoms with E-state index < -0.39 is 10.0 Å². The van der Waals surface area contributed by atoms with E-state index in [1.165, 1.54) is 37.8 Å². The minimum Gasteiger partial charge on any atom is -0.384 e. The molecule has 1 fully saturated rings. The summed E-state index contributed by atoms with van der Waals surface area (Å²) in [6.07, 6.45) is 5.19. The van der Waals surface area contributed by atoms with Gasteiger partial charge >= 0.3 is 0 Å². The molecule has 0 aromatic heterocycles. The fraction of sp³-hybridized carbons (Fsp3) is 0.500. The number of nitrogens with two attached hydrogens (primary N) is 1. The predicted molar refractivity (Wildman–Crippen MR) is 76.0 cm³/mol. The predicted octanol–water partition coefficient (Wildman–Crippen LogP) is 2.70. The van der Waals surface area contributed by atoms with Gasteiger partial charge < -0.3 is 5.32 Å². The highest BCUT2D eigenvalue weighted by Gasteiger charge is 2.15. The van der Waals surface area contributed by atoms with E-state index in [9.17, 15) is 8.42 Å². The van der Waals surface area contributed by atoms with Gasteiger partial charge in [-0.3, -0.25) is 0 Å². The van der Waals surface area contributed by atoms with Gasteiger partial charge in [-0.1, -0.05) is 12.8 Å². The van der Waals surface area contributed by atoms with Crippen molar-refractivity contribution in [3.05, 3.63) is 22.7 Å². The van der Waals surface area contributed by atoms with Crippen molar-refractivity contribution in [2.24, 2.45) is 11.1 Å². The fourth-order valence-corrected chi connectivity index (χ4v) is 3.50. The van der Waals surface area contributed by atoms with Crippen molar-refractivity contribution >= 4 is 31.6 Å². The fourth-order valence-electron chi connectivity index (χ4n) is 2.28. The number of sulfonamides is 1. The molecule has 6 heteroatoms. The van der Waals surface area contributed by atoms with Crippen LogP contribution in [0.3, 0.4) is 0 Å². The number of primary sulfonamides is 1. The Morgan fingerprint density at radius 2 is 2.00 bits per heavy atom. The van der Waals surface area contributed by atoms with Crippen LogP contribution in [0.1, 0.15) is 25.7 Å². The summed E-state index contributed by atoms with van der Waals surface area (Å²) >= 11 is 3.37. The molecule has 18 heavy (non-hydrogen) atoms. The largest absolute Gasteiger partial charge is 0.384 e. The van der Waals surface area contributed by atoms with E-state index in [-0.39, 0.29) is 4.90 Å². The summed E-state index contributed by atoms with van der Waals surface area (Å²) in [5.41, 5.74) is 0.911. The van der Waals surface area contributed by atoms with Crippen LogP contribution in [0, 0.1) is 5.92 Å². The third-order valence-electron chi connectivity index (χ3n) is 3.33. The lowest BCUT2D eigenvalue weighted by atomic mass is 10.1. The first-order chi connectivity index (χ1) is 8.47. The summed E-state index contributed by atoms with van der Waals surface area (Å²) in [4.78, 5) is 0.126. The molecule has 0 spiro atoms. The molecule has 0 unspecified atom stereocenters. The average Bonchev–Trinajstić information content (AvgIpc) is 2.79. The van der Waals surface area contributed by atoms with Crippen molar-refractivity contribution in [1.29, 1.82) is 0 Å². The van der Waals surface area contributed by atoms with E-state index in [1.54, 1.807) is 6.07 Å². The van der Waals surface area contributed by atoms with Gasteiger partial charge in [0.05, 0.1) is 4.90 Å². The monoisotopic (exact) mass is 332 g/mol. The average molecular weight is 333 g/mol. The van der Waals surface area contributed by atoms with Crippen LogP contribution in [0.15, 0.2) is 27.6 Å². The van der Waals surface area contributed by atoms with Gasteiger partial charge in [0.1, 0.15) is 0 Å². The van der Waals surface area contributed by atoms with Crippen LogP contribution in [-0.2, 0) is 10.0 Å². The Kier molecular flexibility index (Phi) is 4.29. The molecule has 4 nitrogen and oxygen atoms in total. The van der Waals surface area contributed by atoms with Crippen molar-refractivity contribution in [3.63, 3.8) is 0 Å². The van der Waals surface area contributed by atoms with E-state index in [0.29, 0.717) is 0 Å². The second-order valence-electron chi connectivity index (χ2n) is 4.72. The minimum atomic E-state index is -3.63. The van der Waals surface area contributed by atoms with Crippen molar-refractivity contribution in [2.45, 2.75) is 30.6 Å². The Morgan fingerprint density at radius 1 is 1.33 bits per heavy atom. The highest BCUT2D eigenvalue weighted by molar-refractivity contribution is 9.10. The van der Waals surface area contributed by atoms with Gasteiger partial charge in [0.25, 0.3) is 0 Å². The zero-order chi connectivity index (χ0) is 13.2. The molecule has 1 aromatic carbocycles. The third kappa shape index (κ3) is 3.46. The van der Waals surface area contributed by atoms with E-state index in [4.69, 9.17) is 5.14 Å². The molecule has 0 atom stereocenters. The number of benzene rings is 1. The molecule has 3 N–H and O–H groups in total. The molecule has 0 heterocycles. The first-order valence-corrected chi connectivity index (χ1v) is 8.37. The minimum absolute atomic E-state index is 0.126. The highest BCUT2D eigenvalue weighted by Crippen LogP contribution is 2.28. The number of hydrogen-bond acceptors (Lipinski definition) is 3. The lowest BCUT2D eigenvalue weighted by molar-refractivity contribution is 0.579. The van der Waals surface area contributed by atoms with Gasteiger partial charge in [0.2, 0.25) is 10.0 Å². The highest BCUT2D eigenvalue weighted by atomic mass is 79.9. The molecule has 0 radical (unpaired) electrons. The second-order valence-corrected chi connectivity index (χ2v) is 7.13. The Labute approximate surface area is 116 Å². The maximum absolute atomic E-state index is 11.2.